The summed E-state index contributed by atoms with van der Waals surface area (Å²) in [6, 6.07) is 30.2. The first-order valence-corrected chi connectivity index (χ1v) is 12.7. The van der Waals surface area contributed by atoms with Crippen molar-refractivity contribution in [1.82, 2.24) is 14.5 Å². The molecule has 3 aromatic carbocycles. The molecule has 0 radical (unpaired) electrons. The lowest BCUT2D eigenvalue weighted by Gasteiger charge is -2.15. The van der Waals surface area contributed by atoms with E-state index >= 15 is 0 Å². The fraction of sp³-hybridized carbons (Fsp3) is 0.0667. The third kappa shape index (κ3) is 4.51. The summed E-state index contributed by atoms with van der Waals surface area (Å²) in [5, 5.41) is 1.90. The molecule has 1 N–H and O–H groups in total. The molecule has 1 aliphatic rings. The van der Waals surface area contributed by atoms with Crippen LogP contribution < -0.4 is 0 Å². The number of rotatable bonds is 6. The predicted molar refractivity (Wildman–Crippen MR) is 149 cm³/mol. The Hall–Kier alpha value is -4.29. The average molecular weight is 489 g/mol. The number of nitrogens with zero attached hydrogens (tertiary/aromatic N) is 3. The van der Waals surface area contributed by atoms with Crippen molar-refractivity contribution in [2.45, 2.75) is 6.42 Å². The highest BCUT2D eigenvalue weighted by atomic mass is 32.2. The fourth-order valence-electron chi connectivity index (χ4n) is 4.38. The standard InChI is InChI=1S/C30H24N4OS/c35-29-28(19-22-15-17-33(21-22)25-11-5-2-6-12-25)36-30(32-24-9-3-1-4-10-24)34(29)18-16-23-20-31-27-14-8-7-13-26(23)27/h1-15,17,19-21,31H,16,18H2/b28-19+,32-30?. The summed E-state index contributed by atoms with van der Waals surface area (Å²) in [4.78, 5) is 24.2. The molecule has 5 nitrogen and oxygen atoms in total. The molecule has 0 saturated carbocycles. The molecule has 6 heteroatoms. The molecule has 0 unspecified atom stereocenters. The van der Waals surface area contributed by atoms with Crippen LogP contribution in [0.5, 0.6) is 0 Å². The lowest BCUT2D eigenvalue weighted by molar-refractivity contribution is -0.122. The Bertz CT molecular complexity index is 1580. The minimum Gasteiger partial charge on any atom is -0.361 e. The monoisotopic (exact) mass is 488 g/mol. The number of carbonyl (C=O) groups excluding carboxylic acids is 1. The second-order valence-electron chi connectivity index (χ2n) is 8.59. The van der Waals surface area contributed by atoms with E-state index in [0.29, 0.717) is 16.6 Å². The Labute approximate surface area is 213 Å². The second-order valence-corrected chi connectivity index (χ2v) is 9.60. The van der Waals surface area contributed by atoms with Gasteiger partial charge in [0.2, 0.25) is 0 Å². The van der Waals surface area contributed by atoms with Gasteiger partial charge in [0.25, 0.3) is 5.91 Å². The quantitative estimate of drug-likeness (QED) is 0.267. The number of amidine groups is 1. The summed E-state index contributed by atoms with van der Waals surface area (Å²) in [5.74, 6) is -0.0121. The van der Waals surface area contributed by atoms with Crippen molar-refractivity contribution in [3.05, 3.63) is 126 Å². The van der Waals surface area contributed by atoms with Gasteiger partial charge in [0.15, 0.2) is 5.17 Å². The second kappa shape index (κ2) is 9.76. The molecular weight excluding hydrogens is 464 g/mol. The zero-order valence-electron chi connectivity index (χ0n) is 19.5. The van der Waals surface area contributed by atoms with Crippen LogP contribution in [0.2, 0.25) is 0 Å². The summed E-state index contributed by atoms with van der Waals surface area (Å²) >= 11 is 1.43. The third-order valence-corrected chi connectivity index (χ3v) is 7.22. The van der Waals surface area contributed by atoms with Gasteiger partial charge in [-0.15, -0.1) is 0 Å². The summed E-state index contributed by atoms with van der Waals surface area (Å²) in [7, 11) is 0. The van der Waals surface area contributed by atoms with Crippen molar-refractivity contribution in [3.63, 3.8) is 0 Å². The number of carbonyl (C=O) groups is 1. The minimum absolute atomic E-state index is 0.0121. The normalized spacial score (nSPS) is 16.0. The lowest BCUT2D eigenvalue weighted by Crippen LogP contribution is -2.31. The zero-order chi connectivity index (χ0) is 24.3. The summed E-state index contributed by atoms with van der Waals surface area (Å²) in [6.07, 6.45) is 8.79. The van der Waals surface area contributed by atoms with E-state index < -0.39 is 0 Å². The van der Waals surface area contributed by atoms with Crippen molar-refractivity contribution in [2.75, 3.05) is 6.54 Å². The number of hydrogen-bond acceptors (Lipinski definition) is 3. The predicted octanol–water partition coefficient (Wildman–Crippen LogP) is 6.81. The number of benzene rings is 3. The van der Waals surface area contributed by atoms with E-state index in [1.165, 1.54) is 22.7 Å². The molecule has 5 aromatic rings. The molecular formula is C30H24N4OS. The number of nitrogens with one attached hydrogen (secondary N) is 1. The lowest BCUT2D eigenvalue weighted by atomic mass is 10.1. The van der Waals surface area contributed by atoms with E-state index in [0.717, 1.165) is 28.9 Å². The number of aromatic amines is 1. The summed E-state index contributed by atoms with van der Waals surface area (Å²) < 4.78 is 2.06. The molecule has 2 aromatic heterocycles. The minimum atomic E-state index is -0.0121. The van der Waals surface area contributed by atoms with E-state index in [2.05, 4.69) is 33.8 Å². The number of para-hydroxylation sites is 3. The molecule has 1 amide bonds. The number of H-pyrrole nitrogens is 1. The first kappa shape index (κ1) is 22.2. The Morgan fingerprint density at radius 2 is 1.64 bits per heavy atom. The van der Waals surface area contributed by atoms with Gasteiger partial charge in [0.1, 0.15) is 0 Å². The number of fused-ring (bicyclic) bond motifs is 1. The van der Waals surface area contributed by atoms with Gasteiger partial charge in [-0.25, -0.2) is 4.99 Å². The number of aromatic nitrogens is 2. The van der Waals surface area contributed by atoms with Gasteiger partial charge < -0.3 is 9.55 Å². The van der Waals surface area contributed by atoms with Gasteiger partial charge in [0.05, 0.1) is 10.6 Å². The van der Waals surface area contributed by atoms with Crippen LogP contribution in [0, 0.1) is 0 Å². The van der Waals surface area contributed by atoms with Gasteiger partial charge in [0, 0.05) is 41.7 Å². The van der Waals surface area contributed by atoms with Gasteiger partial charge in [-0.2, -0.15) is 0 Å². The van der Waals surface area contributed by atoms with Crippen molar-refractivity contribution < 1.29 is 4.79 Å². The van der Waals surface area contributed by atoms with Crippen molar-refractivity contribution >= 4 is 45.5 Å². The van der Waals surface area contributed by atoms with Crippen LogP contribution in [0.1, 0.15) is 11.1 Å². The molecule has 1 aliphatic heterocycles. The topological polar surface area (TPSA) is 53.4 Å². The van der Waals surface area contributed by atoms with Crippen LogP contribution in [0.4, 0.5) is 5.69 Å². The van der Waals surface area contributed by atoms with E-state index in [1.807, 2.05) is 91.4 Å². The molecule has 3 heterocycles. The highest BCUT2D eigenvalue weighted by molar-refractivity contribution is 8.18. The molecule has 0 aliphatic carbocycles. The van der Waals surface area contributed by atoms with Crippen molar-refractivity contribution in [2.24, 2.45) is 4.99 Å². The van der Waals surface area contributed by atoms with Crippen molar-refractivity contribution in [1.29, 1.82) is 0 Å². The Kier molecular flexibility index (Phi) is 6.01. The number of aliphatic imine (C=N–C) groups is 1. The van der Waals surface area contributed by atoms with Gasteiger partial charge in [-0.3, -0.25) is 9.69 Å². The molecule has 0 spiro atoms. The van der Waals surface area contributed by atoms with Crippen LogP contribution in [0.15, 0.2) is 119 Å². The van der Waals surface area contributed by atoms with Crippen LogP contribution in [0.3, 0.4) is 0 Å². The SMILES string of the molecule is O=C1/C(=C\c2ccn(-c3ccccc3)c2)SC(=Nc2ccccc2)N1CCc1c[nH]c2ccccc12. The highest BCUT2D eigenvalue weighted by Gasteiger charge is 2.33. The van der Waals surface area contributed by atoms with E-state index in [9.17, 15) is 4.79 Å². The summed E-state index contributed by atoms with van der Waals surface area (Å²) in [6.45, 7) is 0.557. The first-order chi connectivity index (χ1) is 17.7. The molecule has 1 saturated heterocycles. The molecule has 1 fully saturated rings. The molecule has 0 atom stereocenters. The van der Waals surface area contributed by atoms with Crippen LogP contribution >= 0.6 is 11.8 Å². The Balaban J connectivity index is 1.29. The van der Waals surface area contributed by atoms with Crippen LogP contribution in [-0.4, -0.2) is 32.1 Å². The van der Waals surface area contributed by atoms with Crippen LogP contribution in [0.25, 0.3) is 22.7 Å². The Morgan fingerprint density at radius 3 is 2.47 bits per heavy atom. The maximum atomic E-state index is 13.6. The van der Waals surface area contributed by atoms with Gasteiger partial charge in [-0.05, 0) is 71.8 Å². The average Bonchev–Trinajstić information content (AvgIpc) is 3.63. The molecule has 36 heavy (non-hydrogen) atoms. The van der Waals surface area contributed by atoms with Gasteiger partial charge in [-0.1, -0.05) is 54.6 Å². The summed E-state index contributed by atoms with van der Waals surface area (Å²) in [5.41, 5.74) is 5.20. The maximum absolute atomic E-state index is 13.6. The third-order valence-electron chi connectivity index (χ3n) is 6.22. The highest BCUT2D eigenvalue weighted by Crippen LogP contribution is 2.34. The smallest absolute Gasteiger partial charge is 0.266 e. The number of hydrogen-bond donors (Lipinski definition) is 1. The van der Waals surface area contributed by atoms with E-state index in [1.54, 1.807) is 4.90 Å². The van der Waals surface area contributed by atoms with Crippen molar-refractivity contribution in [3.8, 4) is 5.69 Å². The first-order valence-electron chi connectivity index (χ1n) is 11.9. The largest absolute Gasteiger partial charge is 0.361 e. The molecule has 0 bridgehead atoms. The van der Waals surface area contributed by atoms with E-state index in [-0.39, 0.29) is 5.91 Å². The molecule has 6 rings (SSSR count). The van der Waals surface area contributed by atoms with Crippen LogP contribution in [-0.2, 0) is 11.2 Å². The Morgan fingerprint density at radius 1 is 0.889 bits per heavy atom. The maximum Gasteiger partial charge on any atom is 0.266 e. The number of amides is 1. The fourth-order valence-corrected chi connectivity index (χ4v) is 5.41. The molecule has 176 valence electrons. The van der Waals surface area contributed by atoms with E-state index in [4.69, 9.17) is 4.99 Å². The number of thioether (sulfide) groups is 1. The van der Waals surface area contributed by atoms with Gasteiger partial charge >= 0.3 is 0 Å². The zero-order valence-corrected chi connectivity index (χ0v) is 20.4.